The van der Waals surface area contributed by atoms with Crippen LogP contribution in [0.3, 0.4) is 0 Å². The van der Waals surface area contributed by atoms with Crippen molar-refractivity contribution in [3.05, 3.63) is 24.2 Å². The van der Waals surface area contributed by atoms with E-state index in [2.05, 4.69) is 10.1 Å². The molecule has 8 heteroatoms. The molecular weight excluding hydrogens is 233 g/mol. The summed E-state index contributed by atoms with van der Waals surface area (Å²) in [5.74, 6) is 0.455. The average Bonchev–Trinajstić information content (AvgIpc) is 2.41. The second-order valence-electron chi connectivity index (χ2n) is 3.00. The van der Waals surface area contributed by atoms with Crippen LogP contribution in [0.5, 0.6) is 0 Å². The fraction of sp³-hybridized carbons (Fsp3) is 0.143. The van der Waals surface area contributed by atoms with E-state index < -0.39 is 12.4 Å². The minimum atomic E-state index is -4.97. The summed E-state index contributed by atoms with van der Waals surface area (Å²) in [4.78, 5) is 3.93. The summed E-state index contributed by atoms with van der Waals surface area (Å²) in [5.41, 5.74) is -0.242. The Hall–Kier alpha value is 0.111. The van der Waals surface area contributed by atoms with Crippen molar-refractivity contribution in [3.8, 4) is 0 Å². The first kappa shape index (κ1) is 13.2. The van der Waals surface area contributed by atoms with Gasteiger partial charge in [-0.2, -0.15) is 5.10 Å². The van der Waals surface area contributed by atoms with Gasteiger partial charge in [-0.25, -0.2) is 9.50 Å². The Bertz CT molecular complexity index is 482. The maximum absolute atomic E-state index is 12.3. The van der Waals surface area contributed by atoms with Gasteiger partial charge >= 0.3 is 58.4 Å². The molecule has 0 saturated carbocycles. The quantitative estimate of drug-likeness (QED) is 0.544. The Labute approximate surface area is 127 Å². The van der Waals surface area contributed by atoms with E-state index in [0.717, 1.165) is 16.8 Å². The van der Waals surface area contributed by atoms with Crippen molar-refractivity contribution in [2.45, 2.75) is 6.92 Å². The van der Waals surface area contributed by atoms with Gasteiger partial charge < -0.3 is 12.9 Å². The standard InChI is InChI=1S/C7H6BF3N3.K/c1-5-12-7-3-2-6(8(9,10)11)4-14(7)13-5;/h2-4H,1H3;/q-1;+1. The van der Waals surface area contributed by atoms with Crippen molar-refractivity contribution in [3.63, 3.8) is 0 Å². The molecular formula is C7H6BF3KN3. The van der Waals surface area contributed by atoms with Crippen LogP contribution in [0.4, 0.5) is 12.9 Å². The topological polar surface area (TPSA) is 30.2 Å². The third-order valence-electron chi connectivity index (χ3n) is 1.84. The van der Waals surface area contributed by atoms with Gasteiger partial charge in [-0.3, -0.25) is 0 Å². The number of fused-ring (bicyclic) bond motifs is 1. The summed E-state index contributed by atoms with van der Waals surface area (Å²) >= 11 is 0. The van der Waals surface area contributed by atoms with Crippen LogP contribution < -0.4 is 56.8 Å². The Morgan fingerprint density at radius 2 is 1.93 bits per heavy atom. The second-order valence-corrected chi connectivity index (χ2v) is 3.00. The SMILES string of the molecule is Cc1nc2ccc([B-](F)(F)F)cn2n1.[K+]. The van der Waals surface area contributed by atoms with Crippen molar-refractivity contribution >= 4 is 18.1 Å². The fourth-order valence-electron chi connectivity index (χ4n) is 1.20. The fourth-order valence-corrected chi connectivity index (χ4v) is 1.20. The van der Waals surface area contributed by atoms with Gasteiger partial charge in [-0.1, -0.05) is 11.5 Å². The van der Waals surface area contributed by atoms with Crippen LogP contribution in [0, 0.1) is 6.92 Å². The Morgan fingerprint density at radius 3 is 2.53 bits per heavy atom. The maximum Gasteiger partial charge on any atom is 1.00 e. The molecule has 15 heavy (non-hydrogen) atoms. The molecule has 0 aliphatic rings. The van der Waals surface area contributed by atoms with Crippen molar-refractivity contribution in [1.82, 2.24) is 14.6 Å². The normalized spacial score (nSPS) is 11.5. The van der Waals surface area contributed by atoms with Gasteiger partial charge in [-0.05, 0) is 13.0 Å². The van der Waals surface area contributed by atoms with Gasteiger partial charge in [-0.15, -0.1) is 0 Å². The smallest absolute Gasteiger partial charge is 0.445 e. The molecule has 0 amide bonds. The van der Waals surface area contributed by atoms with Crippen LogP contribution in [0.15, 0.2) is 18.3 Å². The number of aromatic nitrogens is 3. The summed E-state index contributed by atoms with van der Waals surface area (Å²) in [6.45, 7) is -3.33. The zero-order valence-electron chi connectivity index (χ0n) is 8.28. The largest absolute Gasteiger partial charge is 1.00 e. The van der Waals surface area contributed by atoms with Crippen molar-refractivity contribution < 1.29 is 64.3 Å². The van der Waals surface area contributed by atoms with Crippen LogP contribution in [0.1, 0.15) is 5.82 Å². The minimum absolute atomic E-state index is 0. The van der Waals surface area contributed by atoms with E-state index in [9.17, 15) is 12.9 Å². The van der Waals surface area contributed by atoms with Gasteiger partial charge in [0.2, 0.25) is 0 Å². The van der Waals surface area contributed by atoms with Crippen LogP contribution in [0.25, 0.3) is 5.65 Å². The van der Waals surface area contributed by atoms with Gasteiger partial charge in [0.1, 0.15) is 5.82 Å². The first-order valence-corrected chi connectivity index (χ1v) is 4.00. The molecule has 2 aromatic rings. The van der Waals surface area contributed by atoms with Crippen molar-refractivity contribution in [2.24, 2.45) is 0 Å². The average molecular weight is 239 g/mol. The number of halogens is 3. The molecule has 0 unspecified atom stereocenters. The molecule has 0 fully saturated rings. The predicted octanol–water partition coefficient (Wildman–Crippen LogP) is -1.90. The number of hydrogen-bond donors (Lipinski definition) is 0. The monoisotopic (exact) mass is 239 g/mol. The van der Waals surface area contributed by atoms with Crippen LogP contribution in [-0.4, -0.2) is 21.6 Å². The summed E-state index contributed by atoms with van der Waals surface area (Å²) in [6.07, 6.45) is 0.954. The second kappa shape index (κ2) is 4.54. The summed E-state index contributed by atoms with van der Waals surface area (Å²) in [6, 6.07) is 2.33. The molecule has 2 aromatic heterocycles. The maximum atomic E-state index is 12.3. The van der Waals surface area contributed by atoms with Crippen LogP contribution in [0.2, 0.25) is 0 Å². The van der Waals surface area contributed by atoms with Crippen LogP contribution in [-0.2, 0) is 0 Å². The molecule has 0 aliphatic heterocycles. The van der Waals surface area contributed by atoms with Gasteiger partial charge in [0, 0.05) is 6.20 Å². The third-order valence-corrected chi connectivity index (χ3v) is 1.84. The third kappa shape index (κ3) is 2.82. The molecule has 2 heterocycles. The molecule has 0 N–H and O–H groups in total. The van der Waals surface area contributed by atoms with E-state index in [4.69, 9.17) is 0 Å². The van der Waals surface area contributed by atoms with Crippen molar-refractivity contribution in [1.29, 1.82) is 0 Å². The summed E-state index contributed by atoms with van der Waals surface area (Å²) in [7, 11) is 0. The summed E-state index contributed by atoms with van der Waals surface area (Å²) in [5, 5.41) is 3.80. The molecule has 0 spiro atoms. The number of pyridine rings is 1. The van der Waals surface area contributed by atoms with Gasteiger partial charge in [0.25, 0.3) is 0 Å². The summed E-state index contributed by atoms with van der Waals surface area (Å²) < 4.78 is 38.1. The first-order valence-electron chi connectivity index (χ1n) is 4.00. The zero-order valence-corrected chi connectivity index (χ0v) is 11.4. The van der Waals surface area contributed by atoms with Crippen LogP contribution >= 0.6 is 0 Å². The molecule has 0 saturated heterocycles. The number of hydrogen-bond acceptors (Lipinski definition) is 2. The predicted molar refractivity (Wildman–Crippen MR) is 46.4 cm³/mol. The van der Waals surface area contributed by atoms with Crippen molar-refractivity contribution in [2.75, 3.05) is 0 Å². The molecule has 0 aromatic carbocycles. The zero-order chi connectivity index (χ0) is 10.3. The molecule has 0 radical (unpaired) electrons. The first-order chi connectivity index (χ1) is 6.47. The molecule has 2 rings (SSSR count). The number of aryl methyl sites for hydroxylation is 1. The van der Waals surface area contributed by atoms with Gasteiger partial charge in [0.05, 0.1) is 0 Å². The number of nitrogens with zero attached hydrogens (tertiary/aromatic N) is 3. The molecule has 0 atom stereocenters. The number of rotatable bonds is 1. The minimum Gasteiger partial charge on any atom is -0.445 e. The molecule has 74 valence electrons. The van der Waals surface area contributed by atoms with Gasteiger partial charge in [0.15, 0.2) is 5.65 Å². The van der Waals surface area contributed by atoms with E-state index >= 15 is 0 Å². The van der Waals surface area contributed by atoms with E-state index in [1.807, 2.05) is 0 Å². The molecule has 0 bridgehead atoms. The Kier molecular flexibility index (Phi) is 3.99. The van der Waals surface area contributed by atoms with E-state index in [1.165, 1.54) is 6.07 Å². The van der Waals surface area contributed by atoms with E-state index in [1.54, 1.807) is 6.92 Å². The Morgan fingerprint density at radius 1 is 1.27 bits per heavy atom. The molecule has 3 nitrogen and oxygen atoms in total. The van der Waals surface area contributed by atoms with E-state index in [-0.39, 0.29) is 51.4 Å². The van der Waals surface area contributed by atoms with E-state index in [0.29, 0.717) is 11.5 Å². The molecule has 0 aliphatic carbocycles. The Balaban J connectivity index is 0.00000112.